The molecule has 1 saturated heterocycles. The molecule has 1 rings (SSSR count). The summed E-state index contributed by atoms with van der Waals surface area (Å²) in [6, 6.07) is -0.705. The Bertz CT molecular complexity index is 402. The minimum atomic E-state index is -3.66. The van der Waals surface area contributed by atoms with Gasteiger partial charge in [0.05, 0.1) is 0 Å². The van der Waals surface area contributed by atoms with E-state index in [1.807, 2.05) is 0 Å². The standard InChI is InChI=1S/C10H22N4O3S/c1-10(2,3)13-18(16,17)14-6-5-12-7-8(14)9(15)11-4/h8,12-13H,5-7H2,1-4H3,(H,11,15). The molecule has 1 aliphatic rings. The largest absolute Gasteiger partial charge is 0.358 e. The van der Waals surface area contributed by atoms with E-state index in [2.05, 4.69) is 15.4 Å². The second kappa shape index (κ2) is 5.52. The molecule has 0 radical (unpaired) electrons. The molecule has 3 N–H and O–H groups in total. The first kappa shape index (κ1) is 15.4. The van der Waals surface area contributed by atoms with Gasteiger partial charge in [0.25, 0.3) is 10.2 Å². The highest BCUT2D eigenvalue weighted by molar-refractivity contribution is 7.87. The summed E-state index contributed by atoms with van der Waals surface area (Å²) in [6.07, 6.45) is 0. The molecular weight excluding hydrogens is 256 g/mol. The summed E-state index contributed by atoms with van der Waals surface area (Å²) in [5, 5.41) is 5.51. The van der Waals surface area contributed by atoms with Crippen molar-refractivity contribution < 1.29 is 13.2 Å². The van der Waals surface area contributed by atoms with Gasteiger partial charge in [0.1, 0.15) is 6.04 Å². The fourth-order valence-electron chi connectivity index (χ4n) is 1.81. The maximum absolute atomic E-state index is 12.2. The van der Waals surface area contributed by atoms with Crippen molar-refractivity contribution in [2.45, 2.75) is 32.4 Å². The van der Waals surface area contributed by atoms with Crippen LogP contribution in [0.3, 0.4) is 0 Å². The van der Waals surface area contributed by atoms with Gasteiger partial charge in [-0.2, -0.15) is 17.4 Å². The fourth-order valence-corrected chi connectivity index (χ4v) is 3.54. The van der Waals surface area contributed by atoms with Crippen molar-refractivity contribution in [1.29, 1.82) is 0 Å². The number of carbonyl (C=O) groups excluding carboxylic acids is 1. The van der Waals surface area contributed by atoms with Crippen molar-refractivity contribution in [3.63, 3.8) is 0 Å². The van der Waals surface area contributed by atoms with Gasteiger partial charge in [0, 0.05) is 32.2 Å². The molecule has 0 spiro atoms. The van der Waals surface area contributed by atoms with E-state index >= 15 is 0 Å². The van der Waals surface area contributed by atoms with Gasteiger partial charge in [-0.15, -0.1) is 0 Å². The van der Waals surface area contributed by atoms with Crippen molar-refractivity contribution in [3.8, 4) is 0 Å². The van der Waals surface area contributed by atoms with Gasteiger partial charge >= 0.3 is 0 Å². The minimum Gasteiger partial charge on any atom is -0.358 e. The highest BCUT2D eigenvalue weighted by atomic mass is 32.2. The molecule has 7 nitrogen and oxygen atoms in total. The van der Waals surface area contributed by atoms with Crippen molar-refractivity contribution in [1.82, 2.24) is 19.7 Å². The Morgan fingerprint density at radius 3 is 2.50 bits per heavy atom. The van der Waals surface area contributed by atoms with Crippen LogP contribution in [-0.2, 0) is 15.0 Å². The first-order valence-corrected chi connectivity index (χ1v) is 7.34. The number of nitrogens with zero attached hydrogens (tertiary/aromatic N) is 1. The summed E-state index contributed by atoms with van der Waals surface area (Å²) < 4.78 is 28.3. The van der Waals surface area contributed by atoms with Crippen molar-refractivity contribution in [2.24, 2.45) is 0 Å². The summed E-state index contributed by atoms with van der Waals surface area (Å²) in [4.78, 5) is 11.7. The van der Waals surface area contributed by atoms with Crippen LogP contribution in [0.1, 0.15) is 20.8 Å². The Labute approximate surface area is 108 Å². The Balaban J connectivity index is 2.93. The first-order valence-electron chi connectivity index (χ1n) is 5.90. The van der Waals surface area contributed by atoms with E-state index in [-0.39, 0.29) is 12.5 Å². The molecule has 1 heterocycles. The quantitative estimate of drug-likeness (QED) is 0.595. The van der Waals surface area contributed by atoms with Crippen LogP contribution in [0.5, 0.6) is 0 Å². The van der Waals surface area contributed by atoms with E-state index in [0.717, 1.165) is 0 Å². The lowest BCUT2D eigenvalue weighted by molar-refractivity contribution is -0.124. The molecule has 1 amide bonds. The van der Waals surface area contributed by atoms with Gasteiger partial charge in [0.2, 0.25) is 5.91 Å². The van der Waals surface area contributed by atoms with Crippen LogP contribution in [0.25, 0.3) is 0 Å². The highest BCUT2D eigenvalue weighted by Gasteiger charge is 2.37. The number of amides is 1. The van der Waals surface area contributed by atoms with E-state index in [9.17, 15) is 13.2 Å². The molecule has 0 bridgehead atoms. The molecule has 18 heavy (non-hydrogen) atoms. The van der Waals surface area contributed by atoms with Crippen LogP contribution in [-0.4, -0.2) is 56.9 Å². The maximum Gasteiger partial charge on any atom is 0.280 e. The number of hydrogen-bond donors (Lipinski definition) is 3. The monoisotopic (exact) mass is 278 g/mol. The van der Waals surface area contributed by atoms with E-state index in [0.29, 0.717) is 13.1 Å². The van der Waals surface area contributed by atoms with Gasteiger partial charge in [-0.1, -0.05) is 0 Å². The topological polar surface area (TPSA) is 90.5 Å². The third-order valence-electron chi connectivity index (χ3n) is 2.49. The van der Waals surface area contributed by atoms with Crippen molar-refractivity contribution in [2.75, 3.05) is 26.7 Å². The van der Waals surface area contributed by atoms with Crippen molar-refractivity contribution in [3.05, 3.63) is 0 Å². The number of hydrogen-bond acceptors (Lipinski definition) is 4. The lowest BCUT2D eigenvalue weighted by Crippen LogP contribution is -2.62. The molecule has 1 aliphatic heterocycles. The smallest absolute Gasteiger partial charge is 0.280 e. The number of carbonyl (C=O) groups is 1. The number of likely N-dealkylation sites (N-methyl/N-ethyl adjacent to an activating group) is 1. The summed E-state index contributed by atoms with van der Waals surface area (Å²) in [6.45, 7) is 6.44. The Hall–Kier alpha value is -0.700. The lowest BCUT2D eigenvalue weighted by Gasteiger charge is -2.35. The zero-order valence-electron chi connectivity index (χ0n) is 11.3. The molecular formula is C10H22N4O3S. The molecule has 0 aromatic carbocycles. The van der Waals surface area contributed by atoms with E-state index < -0.39 is 21.8 Å². The van der Waals surface area contributed by atoms with Crippen LogP contribution < -0.4 is 15.4 Å². The second-order valence-electron chi connectivity index (χ2n) is 5.30. The van der Waals surface area contributed by atoms with Crippen LogP contribution in [0, 0.1) is 0 Å². The highest BCUT2D eigenvalue weighted by Crippen LogP contribution is 2.12. The predicted molar refractivity (Wildman–Crippen MR) is 69.2 cm³/mol. The summed E-state index contributed by atoms with van der Waals surface area (Å²) >= 11 is 0. The molecule has 0 aromatic rings. The molecule has 0 saturated carbocycles. The molecule has 0 aliphatic carbocycles. The van der Waals surface area contributed by atoms with Gasteiger partial charge in [-0.25, -0.2) is 0 Å². The number of rotatable bonds is 3. The van der Waals surface area contributed by atoms with E-state index in [4.69, 9.17) is 0 Å². The summed E-state index contributed by atoms with van der Waals surface area (Å²) in [5.74, 6) is -0.304. The Morgan fingerprint density at radius 1 is 1.39 bits per heavy atom. The van der Waals surface area contributed by atoms with Gasteiger partial charge in [-0.3, -0.25) is 4.79 Å². The molecule has 1 unspecified atom stereocenters. The van der Waals surface area contributed by atoms with Gasteiger partial charge in [0.15, 0.2) is 0 Å². The fraction of sp³-hybridized carbons (Fsp3) is 0.900. The molecule has 8 heteroatoms. The normalized spacial score (nSPS) is 22.8. The van der Waals surface area contributed by atoms with Gasteiger partial charge < -0.3 is 10.6 Å². The SMILES string of the molecule is CNC(=O)C1CNCCN1S(=O)(=O)NC(C)(C)C. The average Bonchev–Trinajstić information content (AvgIpc) is 2.25. The van der Waals surface area contributed by atoms with Crippen LogP contribution in [0.4, 0.5) is 0 Å². The zero-order valence-corrected chi connectivity index (χ0v) is 12.1. The number of nitrogens with one attached hydrogen (secondary N) is 3. The van der Waals surface area contributed by atoms with Crippen molar-refractivity contribution >= 4 is 16.1 Å². The van der Waals surface area contributed by atoms with E-state index in [1.165, 1.54) is 11.4 Å². The second-order valence-corrected chi connectivity index (χ2v) is 6.93. The zero-order chi connectivity index (χ0) is 14.0. The molecule has 1 fully saturated rings. The van der Waals surface area contributed by atoms with Gasteiger partial charge in [-0.05, 0) is 20.8 Å². The average molecular weight is 278 g/mol. The maximum atomic E-state index is 12.2. The minimum absolute atomic E-state index is 0.281. The summed E-state index contributed by atoms with van der Waals surface area (Å²) in [5.41, 5.74) is -0.572. The third kappa shape index (κ3) is 3.91. The molecule has 106 valence electrons. The van der Waals surface area contributed by atoms with Crippen LogP contribution in [0.15, 0.2) is 0 Å². The van der Waals surface area contributed by atoms with Crippen LogP contribution in [0.2, 0.25) is 0 Å². The predicted octanol–water partition coefficient (Wildman–Crippen LogP) is -1.36. The molecule has 1 atom stereocenters. The van der Waals surface area contributed by atoms with Crippen LogP contribution >= 0.6 is 0 Å². The third-order valence-corrected chi connectivity index (χ3v) is 4.41. The number of piperazine rings is 1. The Kier molecular flexibility index (Phi) is 4.71. The lowest BCUT2D eigenvalue weighted by atomic mass is 10.1. The van der Waals surface area contributed by atoms with E-state index in [1.54, 1.807) is 20.8 Å². The Morgan fingerprint density at radius 2 is 2.00 bits per heavy atom. The molecule has 0 aromatic heterocycles. The summed E-state index contributed by atoms with van der Waals surface area (Å²) in [7, 11) is -2.16. The first-order chi connectivity index (χ1) is 8.17.